The maximum Gasteiger partial charge on any atom is 0.264 e. The second kappa shape index (κ2) is 12.6. The molecular weight excluding hydrogens is 611 g/mol. The number of aryl methyl sites for hydroxylation is 2. The minimum atomic E-state index is -4.29. The number of hydrogen-bond donors (Lipinski definition) is 1. The minimum Gasteiger partial charge on any atom is -0.488 e. The number of rotatable bonds is 7. The molecule has 6 rings (SSSR count). The van der Waals surface area contributed by atoms with E-state index in [-0.39, 0.29) is 41.4 Å². The molecule has 1 amide bonds. The second-order valence-electron chi connectivity index (χ2n) is 12.0. The van der Waals surface area contributed by atoms with E-state index in [1.165, 1.54) is 18.2 Å². The van der Waals surface area contributed by atoms with Gasteiger partial charge in [-0.05, 0) is 69.4 Å². The quantitative estimate of drug-likeness (QED) is 0.277. The van der Waals surface area contributed by atoms with Crippen molar-refractivity contribution in [2.45, 2.75) is 70.5 Å². The molecule has 0 unspecified atom stereocenters. The molecule has 0 radical (unpaired) electrons. The van der Waals surface area contributed by atoms with Crippen molar-refractivity contribution in [3.05, 3.63) is 83.2 Å². The lowest BCUT2D eigenvalue weighted by Crippen LogP contribution is -2.44. The van der Waals surface area contributed by atoms with Crippen molar-refractivity contribution < 1.29 is 27.1 Å². The minimum absolute atomic E-state index is 0.00191. The highest BCUT2D eigenvalue weighted by Gasteiger charge is 2.34. The summed E-state index contributed by atoms with van der Waals surface area (Å²) in [4.78, 5) is 32.9. The zero-order valence-electron chi connectivity index (χ0n) is 26.0. The van der Waals surface area contributed by atoms with Crippen LogP contribution in [0.4, 0.5) is 10.3 Å². The molecule has 1 aliphatic carbocycles. The van der Waals surface area contributed by atoms with Gasteiger partial charge in [-0.2, -0.15) is 9.37 Å². The topological polar surface area (TPSA) is 136 Å². The second-order valence-corrected chi connectivity index (χ2v) is 13.7. The number of aromatic nitrogens is 4. The maximum absolute atomic E-state index is 16.2. The van der Waals surface area contributed by atoms with Gasteiger partial charge in [-0.1, -0.05) is 37.1 Å². The van der Waals surface area contributed by atoms with Gasteiger partial charge in [0.25, 0.3) is 21.8 Å². The monoisotopic (exact) mass is 646 g/mol. The third kappa shape index (κ3) is 6.79. The van der Waals surface area contributed by atoms with Crippen LogP contribution in [0.3, 0.4) is 0 Å². The van der Waals surface area contributed by atoms with Gasteiger partial charge in [0.05, 0.1) is 36.0 Å². The van der Waals surface area contributed by atoms with Gasteiger partial charge in [-0.25, -0.2) is 28.1 Å². The van der Waals surface area contributed by atoms with Crippen molar-refractivity contribution in [1.29, 1.82) is 0 Å². The summed E-state index contributed by atoms with van der Waals surface area (Å²) in [7, 11) is -4.29. The Morgan fingerprint density at radius 1 is 1.07 bits per heavy atom. The summed E-state index contributed by atoms with van der Waals surface area (Å²) in [5, 5.41) is 0. The summed E-state index contributed by atoms with van der Waals surface area (Å²) in [6, 6.07) is 10.7. The number of halogens is 1. The van der Waals surface area contributed by atoms with E-state index in [1.54, 1.807) is 23.4 Å². The van der Waals surface area contributed by atoms with Crippen LogP contribution in [0.15, 0.2) is 59.8 Å². The van der Waals surface area contributed by atoms with Gasteiger partial charge in [0, 0.05) is 11.1 Å². The van der Waals surface area contributed by atoms with E-state index >= 15 is 4.39 Å². The summed E-state index contributed by atoms with van der Waals surface area (Å²) >= 11 is 0. The van der Waals surface area contributed by atoms with Crippen LogP contribution in [-0.2, 0) is 16.6 Å². The van der Waals surface area contributed by atoms with E-state index < -0.39 is 33.7 Å². The molecule has 46 heavy (non-hydrogen) atoms. The molecule has 2 aromatic carbocycles. The van der Waals surface area contributed by atoms with Gasteiger partial charge < -0.3 is 14.4 Å². The number of carbonyl (C=O) groups is 1. The Morgan fingerprint density at radius 2 is 1.76 bits per heavy atom. The number of hydrogen-bond acceptors (Lipinski definition) is 9. The molecule has 4 bridgehead atoms. The smallest absolute Gasteiger partial charge is 0.264 e. The zero-order valence-corrected chi connectivity index (χ0v) is 26.8. The molecule has 1 aliphatic heterocycles. The van der Waals surface area contributed by atoms with Crippen molar-refractivity contribution in [2.75, 3.05) is 11.3 Å². The van der Waals surface area contributed by atoms with E-state index in [9.17, 15) is 13.2 Å². The Hall–Kier alpha value is -4.65. The fraction of sp³-hybridized carbons (Fsp3) is 0.364. The van der Waals surface area contributed by atoms with Crippen molar-refractivity contribution in [1.82, 2.24) is 24.8 Å². The first-order valence-electron chi connectivity index (χ1n) is 15.2. The van der Waals surface area contributed by atoms with E-state index in [0.29, 0.717) is 29.5 Å². The van der Waals surface area contributed by atoms with Gasteiger partial charge in [0.2, 0.25) is 11.8 Å². The van der Waals surface area contributed by atoms with E-state index in [0.717, 1.165) is 24.0 Å². The molecule has 1 N–H and O–H groups in total. The summed E-state index contributed by atoms with van der Waals surface area (Å²) < 4.78 is 57.5. The third-order valence-electron chi connectivity index (χ3n) is 7.94. The summed E-state index contributed by atoms with van der Waals surface area (Å²) in [5.74, 6) is -0.838. The van der Waals surface area contributed by atoms with Gasteiger partial charge in [-0.3, -0.25) is 4.79 Å². The highest BCUT2D eigenvalue weighted by molar-refractivity contribution is 7.92. The lowest BCUT2D eigenvalue weighted by Gasteiger charge is -2.31. The zero-order chi connectivity index (χ0) is 32.6. The SMILES string of the molecule is Cc1cccc(C)c1-c1nc2nc(c1F)OC[C@@H](CC1CC1)N(Cc1ncc(OC(C)C)cn1)C(=O)c1cccc(c1)S(=O)(=O)N2. The molecule has 0 saturated heterocycles. The van der Waals surface area contributed by atoms with Crippen LogP contribution >= 0.6 is 0 Å². The van der Waals surface area contributed by atoms with Gasteiger partial charge >= 0.3 is 0 Å². The lowest BCUT2D eigenvalue weighted by atomic mass is 9.99. The predicted molar refractivity (Wildman–Crippen MR) is 168 cm³/mol. The van der Waals surface area contributed by atoms with Crippen LogP contribution in [0.2, 0.25) is 0 Å². The normalized spacial score (nSPS) is 17.7. The number of nitrogens with zero attached hydrogens (tertiary/aromatic N) is 5. The first kappa shape index (κ1) is 31.3. The third-order valence-corrected chi connectivity index (χ3v) is 9.26. The average molecular weight is 647 g/mol. The lowest BCUT2D eigenvalue weighted by molar-refractivity contribution is 0.0553. The molecule has 0 spiro atoms. The van der Waals surface area contributed by atoms with Crippen LogP contribution in [0.1, 0.15) is 60.4 Å². The summed E-state index contributed by atoms with van der Waals surface area (Å²) in [6.07, 6.45) is 5.61. The Labute approximate surface area is 267 Å². The summed E-state index contributed by atoms with van der Waals surface area (Å²) in [6.45, 7) is 7.32. The van der Waals surface area contributed by atoms with Gasteiger partial charge in [0.1, 0.15) is 18.1 Å². The van der Waals surface area contributed by atoms with Crippen molar-refractivity contribution >= 4 is 21.9 Å². The Kier molecular flexibility index (Phi) is 8.60. The Morgan fingerprint density at radius 3 is 2.43 bits per heavy atom. The molecular formula is C33H35FN6O5S. The molecule has 1 saturated carbocycles. The number of carbonyl (C=O) groups excluding carboxylic acids is 1. The molecule has 2 aliphatic rings. The number of sulfonamides is 1. The highest BCUT2D eigenvalue weighted by atomic mass is 32.2. The summed E-state index contributed by atoms with van der Waals surface area (Å²) in [5.41, 5.74) is 2.06. The molecule has 2 aromatic heterocycles. The van der Waals surface area contributed by atoms with Crippen LogP contribution in [0.25, 0.3) is 11.3 Å². The van der Waals surface area contributed by atoms with E-state index in [4.69, 9.17) is 9.47 Å². The molecule has 1 atom stereocenters. The fourth-order valence-electron chi connectivity index (χ4n) is 5.54. The van der Waals surface area contributed by atoms with Crippen molar-refractivity contribution in [3.63, 3.8) is 0 Å². The molecule has 240 valence electrons. The highest BCUT2D eigenvalue weighted by Crippen LogP contribution is 2.37. The first-order valence-corrected chi connectivity index (χ1v) is 16.6. The van der Waals surface area contributed by atoms with Gasteiger partial charge in [0.15, 0.2) is 5.75 Å². The van der Waals surface area contributed by atoms with Crippen LogP contribution in [0, 0.1) is 25.6 Å². The number of nitrogens with one attached hydrogen (secondary N) is 1. The molecule has 1 fully saturated rings. The number of ether oxygens (including phenoxy) is 2. The van der Waals surface area contributed by atoms with Gasteiger partial charge in [-0.15, -0.1) is 0 Å². The largest absolute Gasteiger partial charge is 0.488 e. The molecule has 13 heteroatoms. The molecule has 11 nitrogen and oxygen atoms in total. The Balaban J connectivity index is 1.47. The Bertz CT molecular complexity index is 1860. The van der Waals surface area contributed by atoms with E-state index in [1.807, 2.05) is 45.9 Å². The maximum atomic E-state index is 16.2. The molecule has 3 heterocycles. The van der Waals surface area contributed by atoms with Crippen molar-refractivity contribution in [2.24, 2.45) is 5.92 Å². The number of amides is 1. The fourth-order valence-corrected chi connectivity index (χ4v) is 6.53. The van der Waals surface area contributed by atoms with Crippen LogP contribution in [0.5, 0.6) is 11.6 Å². The van der Waals surface area contributed by atoms with Crippen LogP contribution in [-0.4, -0.2) is 57.9 Å². The average Bonchev–Trinajstić information content (AvgIpc) is 3.84. The number of benzene rings is 2. The predicted octanol–water partition coefficient (Wildman–Crippen LogP) is 5.48. The van der Waals surface area contributed by atoms with Crippen LogP contribution < -0.4 is 14.2 Å². The first-order chi connectivity index (χ1) is 22.0. The van der Waals surface area contributed by atoms with Crippen molar-refractivity contribution in [3.8, 4) is 22.9 Å². The number of fused-ring (bicyclic) bond motifs is 4. The molecule has 4 aromatic rings. The van der Waals surface area contributed by atoms with E-state index in [2.05, 4.69) is 24.7 Å². The standard InChI is InChI=1S/C33H35FN6O5S/c1-19(2)45-25-15-35-27(36-16-25)17-40-24(13-22-11-12-22)18-44-31-29(34)30(28-20(3)7-5-8-21(28)4)37-33(38-31)39-46(42,43)26-10-6-9-23(14-26)32(40)41/h5-10,14-16,19,22,24H,11-13,17-18H2,1-4H3,(H,37,38,39)/t24-/m1/s1. The number of anilines is 1.